The first kappa shape index (κ1) is 17.5. The van der Waals surface area contributed by atoms with E-state index in [0.29, 0.717) is 6.61 Å². The quantitative estimate of drug-likeness (QED) is 0.337. The first-order chi connectivity index (χ1) is 6.77. The number of unbranched alkanes of at least 4 members (excludes halogenated alkanes) is 6. The molecule has 92 valence electrons. The van der Waals surface area contributed by atoms with E-state index in [2.05, 4.69) is 0 Å². The topological polar surface area (TPSA) is 70.1 Å². The average Bonchev–Trinajstić information content (AvgIpc) is 2.15. The molecule has 0 saturated heterocycles. The highest BCUT2D eigenvalue weighted by Crippen LogP contribution is 2.09. The summed E-state index contributed by atoms with van der Waals surface area (Å²) < 4.78 is 0. The predicted octanol–water partition coefficient (Wildman–Crippen LogP) is 2.76. The SMILES string of the molecule is Cl.N=C(N)SCCCCCCCCCO. The van der Waals surface area contributed by atoms with Crippen molar-refractivity contribution in [2.45, 2.75) is 44.9 Å². The van der Waals surface area contributed by atoms with Gasteiger partial charge in [0.15, 0.2) is 5.17 Å². The molecule has 0 unspecified atom stereocenters. The molecule has 5 heteroatoms. The van der Waals surface area contributed by atoms with Crippen molar-refractivity contribution in [1.29, 1.82) is 5.41 Å². The lowest BCUT2D eigenvalue weighted by Gasteiger charge is -2.00. The first-order valence-corrected chi connectivity index (χ1v) is 6.33. The first-order valence-electron chi connectivity index (χ1n) is 5.35. The minimum absolute atomic E-state index is 0. The minimum atomic E-state index is 0. The highest BCUT2D eigenvalue weighted by molar-refractivity contribution is 8.13. The van der Waals surface area contributed by atoms with E-state index in [9.17, 15) is 0 Å². The molecular weight excluding hydrogens is 232 g/mol. The molecule has 0 saturated carbocycles. The van der Waals surface area contributed by atoms with Gasteiger partial charge in [-0.25, -0.2) is 0 Å². The Bertz CT molecular complexity index is 147. The molecule has 0 atom stereocenters. The standard InChI is InChI=1S/C10H22N2OS.ClH/c11-10(12)14-9-7-5-3-1-2-4-6-8-13;/h13H,1-9H2,(H3,11,12);1H. The molecule has 0 heterocycles. The Morgan fingerprint density at radius 1 is 1.00 bits per heavy atom. The zero-order valence-corrected chi connectivity index (χ0v) is 10.8. The van der Waals surface area contributed by atoms with Crippen molar-refractivity contribution >= 4 is 29.3 Å². The van der Waals surface area contributed by atoms with Crippen LogP contribution in [0.25, 0.3) is 0 Å². The van der Waals surface area contributed by atoms with E-state index < -0.39 is 0 Å². The molecule has 3 nitrogen and oxygen atoms in total. The monoisotopic (exact) mass is 254 g/mol. The van der Waals surface area contributed by atoms with Crippen molar-refractivity contribution in [3.8, 4) is 0 Å². The van der Waals surface area contributed by atoms with Crippen LogP contribution < -0.4 is 5.73 Å². The molecule has 0 radical (unpaired) electrons. The molecule has 0 aliphatic heterocycles. The van der Waals surface area contributed by atoms with Gasteiger partial charge in [0.2, 0.25) is 0 Å². The summed E-state index contributed by atoms with van der Waals surface area (Å²) in [5, 5.41) is 15.8. The maximum atomic E-state index is 8.56. The summed E-state index contributed by atoms with van der Waals surface area (Å²) in [5.41, 5.74) is 5.21. The third-order valence-corrected chi connectivity index (χ3v) is 2.86. The number of aliphatic hydroxyl groups excluding tert-OH is 1. The Morgan fingerprint density at radius 2 is 1.47 bits per heavy atom. The number of rotatable bonds is 9. The molecule has 0 aromatic heterocycles. The van der Waals surface area contributed by atoms with Crippen molar-refractivity contribution in [3.63, 3.8) is 0 Å². The van der Waals surface area contributed by atoms with Gasteiger partial charge in [0.1, 0.15) is 0 Å². The van der Waals surface area contributed by atoms with Gasteiger partial charge in [-0.15, -0.1) is 12.4 Å². The van der Waals surface area contributed by atoms with E-state index >= 15 is 0 Å². The summed E-state index contributed by atoms with van der Waals surface area (Å²) in [7, 11) is 0. The van der Waals surface area contributed by atoms with Gasteiger partial charge in [-0.1, -0.05) is 43.9 Å². The van der Waals surface area contributed by atoms with Gasteiger partial charge >= 0.3 is 0 Å². The van der Waals surface area contributed by atoms with Crippen molar-refractivity contribution in [3.05, 3.63) is 0 Å². The van der Waals surface area contributed by atoms with Crippen molar-refractivity contribution in [2.24, 2.45) is 5.73 Å². The molecule has 15 heavy (non-hydrogen) atoms. The second-order valence-corrected chi connectivity index (χ2v) is 4.55. The van der Waals surface area contributed by atoms with Gasteiger partial charge in [0.05, 0.1) is 0 Å². The van der Waals surface area contributed by atoms with E-state index in [1.54, 1.807) is 0 Å². The molecule has 0 bridgehead atoms. The molecule has 0 amide bonds. The maximum absolute atomic E-state index is 8.56. The van der Waals surface area contributed by atoms with E-state index in [0.717, 1.165) is 25.0 Å². The van der Waals surface area contributed by atoms with Gasteiger partial charge in [0.25, 0.3) is 0 Å². The minimum Gasteiger partial charge on any atom is -0.396 e. The number of thioether (sulfide) groups is 1. The van der Waals surface area contributed by atoms with Crippen LogP contribution in [0, 0.1) is 5.41 Å². The van der Waals surface area contributed by atoms with Crippen LogP contribution in [0.15, 0.2) is 0 Å². The average molecular weight is 255 g/mol. The van der Waals surface area contributed by atoms with Crippen LogP contribution in [0.5, 0.6) is 0 Å². The van der Waals surface area contributed by atoms with E-state index in [4.69, 9.17) is 16.2 Å². The normalized spacial score (nSPS) is 9.67. The van der Waals surface area contributed by atoms with Crippen LogP contribution in [-0.2, 0) is 0 Å². The number of nitrogens with one attached hydrogen (secondary N) is 1. The Kier molecular flexibility index (Phi) is 16.4. The number of hydrogen-bond donors (Lipinski definition) is 3. The van der Waals surface area contributed by atoms with Crippen LogP contribution in [-0.4, -0.2) is 22.6 Å². The summed E-state index contributed by atoms with van der Waals surface area (Å²) in [5.74, 6) is 0.978. The van der Waals surface area contributed by atoms with Crippen molar-refractivity contribution in [2.75, 3.05) is 12.4 Å². The summed E-state index contributed by atoms with van der Waals surface area (Å²) in [6, 6.07) is 0. The number of nitrogens with two attached hydrogens (primary N) is 1. The fraction of sp³-hybridized carbons (Fsp3) is 0.900. The molecule has 0 aromatic rings. The predicted molar refractivity (Wildman–Crippen MR) is 71.0 cm³/mol. The van der Waals surface area contributed by atoms with Gasteiger partial charge in [-0.2, -0.15) is 0 Å². The van der Waals surface area contributed by atoms with E-state index in [1.807, 2.05) is 0 Å². The fourth-order valence-corrected chi connectivity index (χ4v) is 1.85. The van der Waals surface area contributed by atoms with Gasteiger partial charge in [-0.05, 0) is 12.8 Å². The smallest absolute Gasteiger partial charge is 0.151 e. The number of hydrogen-bond acceptors (Lipinski definition) is 3. The number of amidine groups is 1. The number of aliphatic hydroxyl groups is 1. The van der Waals surface area contributed by atoms with Crippen LogP contribution in [0.1, 0.15) is 44.9 Å². The Morgan fingerprint density at radius 3 is 1.93 bits per heavy atom. The Balaban J connectivity index is 0. The summed E-state index contributed by atoms with van der Waals surface area (Å²) in [6.45, 7) is 0.329. The molecular formula is C10H23ClN2OS. The lowest BCUT2D eigenvalue weighted by molar-refractivity contribution is 0.282. The molecule has 0 aliphatic carbocycles. The second kappa shape index (κ2) is 14.1. The third-order valence-electron chi connectivity index (χ3n) is 2.06. The van der Waals surface area contributed by atoms with E-state index in [1.165, 1.54) is 37.4 Å². The van der Waals surface area contributed by atoms with Crippen molar-refractivity contribution in [1.82, 2.24) is 0 Å². The second-order valence-electron chi connectivity index (χ2n) is 3.41. The summed E-state index contributed by atoms with van der Waals surface area (Å²) in [4.78, 5) is 0. The van der Waals surface area contributed by atoms with Crippen molar-refractivity contribution < 1.29 is 5.11 Å². The molecule has 0 aliphatic rings. The van der Waals surface area contributed by atoms with Crippen LogP contribution in [0.4, 0.5) is 0 Å². The summed E-state index contributed by atoms with van der Waals surface area (Å²) >= 11 is 1.43. The molecule has 0 fully saturated rings. The maximum Gasteiger partial charge on any atom is 0.151 e. The lowest BCUT2D eigenvalue weighted by atomic mass is 10.1. The highest BCUT2D eigenvalue weighted by Gasteiger charge is 1.93. The molecule has 0 rings (SSSR count). The lowest BCUT2D eigenvalue weighted by Crippen LogP contribution is -2.04. The zero-order valence-electron chi connectivity index (χ0n) is 9.21. The summed E-state index contributed by atoms with van der Waals surface area (Å²) in [6.07, 6.45) is 8.26. The number of halogens is 1. The van der Waals surface area contributed by atoms with Crippen LogP contribution in [0.3, 0.4) is 0 Å². The molecule has 0 aromatic carbocycles. The highest BCUT2D eigenvalue weighted by atomic mass is 35.5. The van der Waals surface area contributed by atoms with Crippen LogP contribution in [0.2, 0.25) is 0 Å². The largest absolute Gasteiger partial charge is 0.396 e. The Hall–Kier alpha value is 0.0700. The molecule has 4 N–H and O–H groups in total. The van der Waals surface area contributed by atoms with Gasteiger partial charge in [0, 0.05) is 12.4 Å². The Labute approximate surface area is 103 Å². The third kappa shape index (κ3) is 16.7. The fourth-order valence-electron chi connectivity index (χ4n) is 1.28. The zero-order chi connectivity index (χ0) is 10.6. The van der Waals surface area contributed by atoms with Gasteiger partial charge in [-0.3, -0.25) is 5.41 Å². The van der Waals surface area contributed by atoms with Gasteiger partial charge < -0.3 is 10.8 Å². The van der Waals surface area contributed by atoms with E-state index in [-0.39, 0.29) is 17.6 Å². The van der Waals surface area contributed by atoms with Crippen LogP contribution >= 0.6 is 24.2 Å². The molecule has 0 spiro atoms.